The van der Waals surface area contributed by atoms with E-state index in [0.717, 1.165) is 39.0 Å². The number of piperidine rings is 1. The Morgan fingerprint density at radius 2 is 2.00 bits per heavy atom. The second-order valence-corrected chi connectivity index (χ2v) is 7.23. The van der Waals surface area contributed by atoms with Crippen LogP contribution < -0.4 is 5.32 Å². The standard InChI is InChI=1S/C19H23FN4O/c1-14-15(12-22-24(14)17-5-3-2-4-16(17)20)18(25)23-10-7-19(8-11-23)6-9-21-13-19/h2-5,12,21H,6-11,13H2,1H3. The maximum absolute atomic E-state index is 14.0. The smallest absolute Gasteiger partial charge is 0.257 e. The van der Waals surface area contributed by atoms with E-state index in [2.05, 4.69) is 10.4 Å². The van der Waals surface area contributed by atoms with Crippen LogP contribution in [-0.2, 0) is 0 Å². The lowest BCUT2D eigenvalue weighted by atomic mass is 9.78. The number of halogens is 1. The highest BCUT2D eigenvalue weighted by molar-refractivity contribution is 5.95. The van der Waals surface area contributed by atoms with Crippen LogP contribution in [0, 0.1) is 18.2 Å². The number of nitrogens with zero attached hydrogens (tertiary/aromatic N) is 3. The zero-order chi connectivity index (χ0) is 17.4. The van der Waals surface area contributed by atoms with Crippen LogP contribution in [0.1, 0.15) is 35.3 Å². The molecule has 1 amide bonds. The number of para-hydroxylation sites is 1. The summed E-state index contributed by atoms with van der Waals surface area (Å²) in [7, 11) is 0. The Balaban J connectivity index is 1.53. The molecule has 0 unspecified atom stereocenters. The van der Waals surface area contributed by atoms with Crippen LogP contribution >= 0.6 is 0 Å². The molecule has 0 radical (unpaired) electrons. The van der Waals surface area contributed by atoms with Crippen LogP contribution in [0.4, 0.5) is 4.39 Å². The first-order chi connectivity index (χ1) is 12.1. The quantitative estimate of drug-likeness (QED) is 0.912. The lowest BCUT2D eigenvalue weighted by Crippen LogP contribution is -2.44. The van der Waals surface area contributed by atoms with Gasteiger partial charge in [0.05, 0.1) is 17.5 Å². The number of rotatable bonds is 2. The molecule has 2 aliphatic rings. The number of carbonyl (C=O) groups excluding carboxylic acids is 1. The van der Waals surface area contributed by atoms with Gasteiger partial charge in [-0.1, -0.05) is 12.1 Å². The number of carbonyl (C=O) groups is 1. The molecule has 132 valence electrons. The van der Waals surface area contributed by atoms with Crippen molar-refractivity contribution in [1.82, 2.24) is 20.0 Å². The van der Waals surface area contributed by atoms with Crippen molar-refractivity contribution in [1.29, 1.82) is 0 Å². The zero-order valence-corrected chi connectivity index (χ0v) is 14.5. The molecule has 2 fully saturated rings. The van der Waals surface area contributed by atoms with E-state index in [9.17, 15) is 9.18 Å². The predicted molar refractivity (Wildman–Crippen MR) is 93.3 cm³/mol. The fourth-order valence-electron chi connectivity index (χ4n) is 4.06. The van der Waals surface area contributed by atoms with Gasteiger partial charge in [0.15, 0.2) is 0 Å². The zero-order valence-electron chi connectivity index (χ0n) is 14.5. The van der Waals surface area contributed by atoms with E-state index in [1.54, 1.807) is 24.4 Å². The number of benzene rings is 1. The molecule has 2 saturated heterocycles. The SMILES string of the molecule is Cc1c(C(=O)N2CCC3(CCNC3)CC2)cnn1-c1ccccc1F. The Morgan fingerprint density at radius 3 is 2.68 bits per heavy atom. The number of nitrogens with one attached hydrogen (secondary N) is 1. The number of likely N-dealkylation sites (tertiary alicyclic amines) is 1. The molecule has 4 rings (SSSR count). The van der Waals surface area contributed by atoms with E-state index in [1.165, 1.54) is 17.2 Å². The van der Waals surface area contributed by atoms with Gasteiger partial charge in [-0.05, 0) is 50.3 Å². The van der Waals surface area contributed by atoms with Gasteiger partial charge < -0.3 is 10.2 Å². The highest BCUT2D eigenvalue weighted by Crippen LogP contribution is 2.37. The second kappa shape index (κ2) is 6.26. The molecular weight excluding hydrogens is 319 g/mol. The number of hydrogen-bond donors (Lipinski definition) is 1. The summed E-state index contributed by atoms with van der Waals surface area (Å²) in [5.41, 5.74) is 1.98. The molecule has 0 atom stereocenters. The minimum absolute atomic E-state index is 0.000829. The normalized spacial score (nSPS) is 19.5. The molecule has 1 aromatic carbocycles. The van der Waals surface area contributed by atoms with Crippen molar-refractivity contribution in [3.8, 4) is 5.69 Å². The molecule has 5 nitrogen and oxygen atoms in total. The lowest BCUT2D eigenvalue weighted by molar-refractivity contribution is 0.0607. The maximum atomic E-state index is 14.0. The van der Waals surface area contributed by atoms with E-state index in [-0.39, 0.29) is 11.7 Å². The predicted octanol–water partition coefficient (Wildman–Crippen LogP) is 2.54. The molecule has 6 heteroatoms. The van der Waals surface area contributed by atoms with Gasteiger partial charge in [0.25, 0.3) is 5.91 Å². The van der Waals surface area contributed by atoms with Gasteiger partial charge in [-0.25, -0.2) is 9.07 Å². The summed E-state index contributed by atoms with van der Waals surface area (Å²) in [4.78, 5) is 14.8. The van der Waals surface area contributed by atoms with E-state index < -0.39 is 0 Å². The largest absolute Gasteiger partial charge is 0.338 e. The Hall–Kier alpha value is -2.21. The van der Waals surface area contributed by atoms with Gasteiger partial charge in [0.2, 0.25) is 0 Å². The summed E-state index contributed by atoms with van der Waals surface area (Å²) in [5.74, 6) is -0.345. The van der Waals surface area contributed by atoms with E-state index in [4.69, 9.17) is 0 Å². The van der Waals surface area contributed by atoms with Gasteiger partial charge >= 0.3 is 0 Å². The summed E-state index contributed by atoms with van der Waals surface area (Å²) in [6, 6.07) is 6.48. The molecule has 0 saturated carbocycles. The number of hydrogen-bond acceptors (Lipinski definition) is 3. The van der Waals surface area contributed by atoms with Gasteiger partial charge in [0.1, 0.15) is 11.5 Å². The highest BCUT2D eigenvalue weighted by Gasteiger charge is 2.38. The molecule has 3 heterocycles. The van der Waals surface area contributed by atoms with E-state index in [0.29, 0.717) is 22.4 Å². The Kier molecular flexibility index (Phi) is 4.07. The van der Waals surface area contributed by atoms with E-state index in [1.807, 2.05) is 11.8 Å². The molecule has 0 aliphatic carbocycles. The molecule has 25 heavy (non-hydrogen) atoms. The van der Waals surface area contributed by atoms with Crippen molar-refractivity contribution in [3.05, 3.63) is 47.5 Å². The van der Waals surface area contributed by atoms with Crippen LogP contribution in [0.5, 0.6) is 0 Å². The highest BCUT2D eigenvalue weighted by atomic mass is 19.1. The Morgan fingerprint density at radius 1 is 1.24 bits per heavy atom. The first-order valence-electron chi connectivity index (χ1n) is 8.89. The van der Waals surface area contributed by atoms with Crippen molar-refractivity contribution in [2.24, 2.45) is 5.41 Å². The average molecular weight is 342 g/mol. The Labute approximate surface area is 146 Å². The summed E-state index contributed by atoms with van der Waals surface area (Å²) < 4.78 is 15.5. The molecule has 2 aromatic rings. The topological polar surface area (TPSA) is 50.2 Å². The summed E-state index contributed by atoms with van der Waals surface area (Å²) in [6.07, 6.45) is 4.86. The van der Waals surface area contributed by atoms with Crippen molar-refractivity contribution in [3.63, 3.8) is 0 Å². The summed E-state index contributed by atoms with van der Waals surface area (Å²) in [6.45, 7) is 5.54. The first kappa shape index (κ1) is 16.3. The fraction of sp³-hybridized carbons (Fsp3) is 0.474. The van der Waals surface area contributed by atoms with Gasteiger partial charge in [0, 0.05) is 19.6 Å². The van der Waals surface area contributed by atoms with Crippen molar-refractivity contribution < 1.29 is 9.18 Å². The average Bonchev–Trinajstić information content (AvgIpc) is 3.23. The molecule has 2 aliphatic heterocycles. The summed E-state index contributed by atoms with van der Waals surface area (Å²) >= 11 is 0. The minimum Gasteiger partial charge on any atom is -0.338 e. The van der Waals surface area contributed by atoms with Crippen molar-refractivity contribution in [2.75, 3.05) is 26.2 Å². The first-order valence-corrected chi connectivity index (χ1v) is 8.89. The summed E-state index contributed by atoms with van der Waals surface area (Å²) in [5, 5.41) is 7.69. The van der Waals surface area contributed by atoms with Gasteiger partial charge in [-0.2, -0.15) is 5.10 Å². The molecule has 1 spiro atoms. The minimum atomic E-state index is -0.346. The molecule has 1 N–H and O–H groups in total. The third-order valence-corrected chi connectivity index (χ3v) is 5.76. The lowest BCUT2D eigenvalue weighted by Gasteiger charge is -2.38. The monoisotopic (exact) mass is 342 g/mol. The molecule has 0 bridgehead atoms. The van der Waals surface area contributed by atoms with Crippen molar-refractivity contribution in [2.45, 2.75) is 26.2 Å². The Bertz CT molecular complexity index is 784. The van der Waals surface area contributed by atoms with Gasteiger partial charge in [-0.15, -0.1) is 0 Å². The van der Waals surface area contributed by atoms with E-state index >= 15 is 0 Å². The van der Waals surface area contributed by atoms with Crippen molar-refractivity contribution >= 4 is 5.91 Å². The number of amides is 1. The third-order valence-electron chi connectivity index (χ3n) is 5.76. The molecular formula is C19H23FN4O. The maximum Gasteiger partial charge on any atom is 0.257 e. The third kappa shape index (κ3) is 2.84. The van der Waals surface area contributed by atoms with Gasteiger partial charge in [-0.3, -0.25) is 4.79 Å². The van der Waals surface area contributed by atoms with Crippen LogP contribution in [0.2, 0.25) is 0 Å². The van der Waals surface area contributed by atoms with Crippen LogP contribution in [0.15, 0.2) is 30.5 Å². The fourth-order valence-corrected chi connectivity index (χ4v) is 4.06. The van der Waals surface area contributed by atoms with Crippen LogP contribution in [-0.4, -0.2) is 46.8 Å². The van der Waals surface area contributed by atoms with Crippen LogP contribution in [0.3, 0.4) is 0 Å². The molecule has 1 aromatic heterocycles. The number of aromatic nitrogens is 2. The second-order valence-electron chi connectivity index (χ2n) is 7.23. The van der Waals surface area contributed by atoms with Crippen LogP contribution in [0.25, 0.3) is 5.69 Å².